The van der Waals surface area contributed by atoms with E-state index < -0.39 is 24.0 Å². The van der Waals surface area contributed by atoms with Crippen molar-refractivity contribution in [2.45, 2.75) is 30.2 Å². The first kappa shape index (κ1) is 18.3. The van der Waals surface area contributed by atoms with Crippen molar-refractivity contribution in [1.82, 2.24) is 4.90 Å². The molecule has 0 spiro atoms. The van der Waals surface area contributed by atoms with Gasteiger partial charge in [0.2, 0.25) is 5.91 Å². The Morgan fingerprint density at radius 3 is 2.38 bits per heavy atom. The Labute approximate surface area is 143 Å². The lowest BCUT2D eigenvalue weighted by molar-refractivity contribution is -0.176. The minimum Gasteiger partial charge on any atom is -0.479 e. The molecule has 1 amide bonds. The maximum atomic E-state index is 12.0. The van der Waals surface area contributed by atoms with E-state index in [2.05, 4.69) is 0 Å². The first-order valence-corrected chi connectivity index (χ1v) is 8.56. The van der Waals surface area contributed by atoms with Crippen LogP contribution in [0.2, 0.25) is 0 Å². The number of carbonyl (C=O) groups is 3. The lowest BCUT2D eigenvalue weighted by Crippen LogP contribution is -2.46. The van der Waals surface area contributed by atoms with E-state index in [9.17, 15) is 19.5 Å². The number of rotatable bonds is 8. The molecule has 0 aromatic heterocycles. The fraction of sp³-hybridized carbons (Fsp3) is 0.438. The van der Waals surface area contributed by atoms with Crippen LogP contribution in [0, 0.1) is 0 Å². The van der Waals surface area contributed by atoms with Crippen LogP contribution in [0.1, 0.15) is 30.2 Å². The van der Waals surface area contributed by atoms with Crippen molar-refractivity contribution in [3.05, 3.63) is 35.9 Å². The molecule has 1 unspecified atom stereocenters. The van der Waals surface area contributed by atoms with E-state index in [1.807, 2.05) is 30.3 Å². The normalized spacial score (nSPS) is 18.0. The maximum absolute atomic E-state index is 12.0. The average molecular weight is 353 g/mol. The Bertz CT molecular complexity index is 606. The van der Waals surface area contributed by atoms with Crippen LogP contribution in [0.25, 0.3) is 0 Å². The molecular formula is C16H19NO6S. The van der Waals surface area contributed by atoms with E-state index in [1.165, 1.54) is 11.8 Å². The van der Waals surface area contributed by atoms with Crippen molar-refractivity contribution in [3.8, 4) is 0 Å². The van der Waals surface area contributed by atoms with Crippen molar-refractivity contribution >= 4 is 29.6 Å². The topological polar surface area (TPSA) is 115 Å². The number of benzene rings is 1. The highest BCUT2D eigenvalue weighted by Crippen LogP contribution is 2.38. The first-order valence-electron chi connectivity index (χ1n) is 7.51. The van der Waals surface area contributed by atoms with Gasteiger partial charge in [-0.1, -0.05) is 30.3 Å². The largest absolute Gasteiger partial charge is 0.479 e. The number of thioether (sulfide) groups is 1. The van der Waals surface area contributed by atoms with Crippen LogP contribution in [0.4, 0.5) is 0 Å². The molecule has 130 valence electrons. The van der Waals surface area contributed by atoms with Crippen LogP contribution in [0.5, 0.6) is 0 Å². The van der Waals surface area contributed by atoms with Gasteiger partial charge in [0, 0.05) is 6.54 Å². The highest BCUT2D eigenvalue weighted by atomic mass is 32.2. The van der Waals surface area contributed by atoms with Crippen molar-refractivity contribution in [3.63, 3.8) is 0 Å². The van der Waals surface area contributed by atoms with Crippen LogP contribution in [0.15, 0.2) is 30.3 Å². The molecule has 7 nitrogen and oxygen atoms in total. The molecule has 0 aliphatic carbocycles. The molecular weight excluding hydrogens is 334 g/mol. The summed E-state index contributed by atoms with van der Waals surface area (Å²) in [7, 11) is 0. The number of amides is 1. The van der Waals surface area contributed by atoms with E-state index in [0.717, 1.165) is 5.56 Å². The van der Waals surface area contributed by atoms with Gasteiger partial charge in [-0.25, -0.2) is 9.59 Å². The van der Waals surface area contributed by atoms with E-state index in [-0.39, 0.29) is 17.7 Å². The lowest BCUT2D eigenvalue weighted by Gasteiger charge is -2.25. The molecule has 24 heavy (non-hydrogen) atoms. The lowest BCUT2D eigenvalue weighted by atomic mass is 9.97. The summed E-state index contributed by atoms with van der Waals surface area (Å²) in [6, 6.07) is 9.58. The second kappa shape index (κ2) is 7.67. The van der Waals surface area contributed by atoms with Gasteiger partial charge in [0.05, 0.1) is 5.75 Å². The zero-order valence-electron chi connectivity index (χ0n) is 12.9. The summed E-state index contributed by atoms with van der Waals surface area (Å²) in [6.45, 7) is 0.390. The predicted octanol–water partition coefficient (Wildman–Crippen LogP) is 1.33. The summed E-state index contributed by atoms with van der Waals surface area (Å²) >= 11 is 1.52. The molecule has 1 aliphatic rings. The van der Waals surface area contributed by atoms with E-state index in [1.54, 1.807) is 4.90 Å². The minimum atomic E-state index is -2.78. The zero-order chi connectivity index (χ0) is 17.7. The molecule has 1 heterocycles. The summed E-state index contributed by atoms with van der Waals surface area (Å²) in [6.07, 6.45) is 0.201. The van der Waals surface area contributed by atoms with Gasteiger partial charge >= 0.3 is 11.9 Å². The number of nitrogens with zero attached hydrogens (tertiary/aromatic N) is 1. The van der Waals surface area contributed by atoms with Crippen molar-refractivity contribution in [1.29, 1.82) is 0 Å². The fourth-order valence-electron chi connectivity index (χ4n) is 2.56. The molecule has 0 bridgehead atoms. The molecule has 0 saturated carbocycles. The van der Waals surface area contributed by atoms with Gasteiger partial charge in [0.25, 0.3) is 5.60 Å². The Kier molecular flexibility index (Phi) is 5.84. The van der Waals surface area contributed by atoms with Gasteiger partial charge in [-0.3, -0.25) is 4.79 Å². The summed E-state index contributed by atoms with van der Waals surface area (Å²) in [5.74, 6) is -3.16. The van der Waals surface area contributed by atoms with Gasteiger partial charge in [0.15, 0.2) is 0 Å². The second-order valence-corrected chi connectivity index (χ2v) is 6.66. The number of aliphatic carboxylic acids is 2. The average Bonchev–Trinajstić information content (AvgIpc) is 2.92. The van der Waals surface area contributed by atoms with Gasteiger partial charge in [0.1, 0.15) is 5.37 Å². The fourth-order valence-corrected chi connectivity index (χ4v) is 3.78. The maximum Gasteiger partial charge on any atom is 0.347 e. The van der Waals surface area contributed by atoms with E-state index in [0.29, 0.717) is 18.7 Å². The van der Waals surface area contributed by atoms with E-state index >= 15 is 0 Å². The number of unbranched alkanes of at least 4 members (excludes halogenated alkanes) is 1. The number of hydrogen-bond donors (Lipinski definition) is 3. The molecule has 3 N–H and O–H groups in total. The SMILES string of the molecule is O=C1CSC(c2ccccc2)N1CCCCC(O)(C(=O)O)C(=O)O. The standard InChI is InChI=1S/C16H19NO6S/c18-12-10-24-13(11-6-2-1-3-7-11)17(12)9-5-4-8-16(23,14(19)20)15(21)22/h1-3,6-7,13,23H,4-5,8-10H2,(H,19,20)(H,21,22). The molecule has 1 aromatic carbocycles. The van der Waals surface area contributed by atoms with Crippen LogP contribution in [0.3, 0.4) is 0 Å². The van der Waals surface area contributed by atoms with Gasteiger partial charge in [-0.2, -0.15) is 0 Å². The van der Waals surface area contributed by atoms with Gasteiger partial charge < -0.3 is 20.2 Å². The molecule has 1 aromatic rings. The summed E-state index contributed by atoms with van der Waals surface area (Å²) in [5, 5.41) is 27.3. The van der Waals surface area contributed by atoms with Crippen LogP contribution in [-0.2, 0) is 14.4 Å². The Morgan fingerprint density at radius 2 is 1.79 bits per heavy atom. The Morgan fingerprint density at radius 1 is 1.17 bits per heavy atom. The van der Waals surface area contributed by atoms with Crippen molar-refractivity contribution < 1.29 is 29.7 Å². The highest BCUT2D eigenvalue weighted by Gasteiger charge is 2.44. The molecule has 1 fully saturated rings. The number of carboxylic acid groups (broad SMARTS) is 2. The molecule has 2 rings (SSSR count). The molecule has 1 aliphatic heterocycles. The third kappa shape index (κ3) is 3.88. The van der Waals surface area contributed by atoms with Gasteiger partial charge in [-0.05, 0) is 24.8 Å². The third-order valence-corrected chi connectivity index (χ3v) is 5.20. The first-order chi connectivity index (χ1) is 11.4. The second-order valence-electron chi connectivity index (χ2n) is 5.59. The van der Waals surface area contributed by atoms with E-state index in [4.69, 9.17) is 10.2 Å². The summed E-state index contributed by atoms with van der Waals surface area (Å²) < 4.78 is 0. The number of carboxylic acids is 2. The molecule has 1 saturated heterocycles. The van der Waals surface area contributed by atoms with Crippen LogP contribution < -0.4 is 0 Å². The predicted molar refractivity (Wildman–Crippen MR) is 87.4 cm³/mol. The van der Waals surface area contributed by atoms with Gasteiger partial charge in [-0.15, -0.1) is 11.8 Å². The molecule has 8 heteroatoms. The highest BCUT2D eigenvalue weighted by molar-refractivity contribution is 8.00. The molecule has 1 atom stereocenters. The smallest absolute Gasteiger partial charge is 0.347 e. The summed E-state index contributed by atoms with van der Waals surface area (Å²) in [4.78, 5) is 35.5. The number of aliphatic hydroxyl groups is 1. The number of carbonyl (C=O) groups excluding carboxylic acids is 1. The van der Waals surface area contributed by atoms with Crippen molar-refractivity contribution in [2.24, 2.45) is 0 Å². The zero-order valence-corrected chi connectivity index (χ0v) is 13.7. The third-order valence-electron chi connectivity index (χ3n) is 3.95. The Balaban J connectivity index is 1.92. The quantitative estimate of drug-likeness (QED) is 0.477. The Hall–Kier alpha value is -2.06. The minimum absolute atomic E-state index is 0.000541. The molecule has 0 radical (unpaired) electrons. The monoisotopic (exact) mass is 353 g/mol. The van der Waals surface area contributed by atoms with Crippen LogP contribution >= 0.6 is 11.8 Å². The van der Waals surface area contributed by atoms with Crippen molar-refractivity contribution in [2.75, 3.05) is 12.3 Å². The van der Waals surface area contributed by atoms with Crippen LogP contribution in [-0.4, -0.2) is 56.0 Å². The number of hydrogen-bond acceptors (Lipinski definition) is 5. The summed E-state index contributed by atoms with van der Waals surface area (Å²) in [5.41, 5.74) is -1.76.